The molecule has 4 rings (SSSR count). The van der Waals surface area contributed by atoms with E-state index in [1.807, 2.05) is 25.1 Å². The van der Waals surface area contributed by atoms with Gasteiger partial charge in [-0.3, -0.25) is 9.59 Å². The van der Waals surface area contributed by atoms with Crippen molar-refractivity contribution < 1.29 is 23.9 Å². The molecule has 6 nitrogen and oxygen atoms in total. The van der Waals surface area contributed by atoms with Crippen molar-refractivity contribution >= 4 is 39.7 Å². The predicted molar refractivity (Wildman–Crippen MR) is 119 cm³/mol. The minimum absolute atomic E-state index is 0.250. The number of ketones is 1. The molecule has 2 aromatic rings. The molecule has 0 radical (unpaired) electrons. The normalized spacial score (nSPS) is 24.5. The molecule has 2 aliphatic heterocycles. The topological polar surface area (TPSA) is 72.9 Å². The Morgan fingerprint density at radius 2 is 1.94 bits per heavy atom. The first-order valence-electron chi connectivity index (χ1n) is 9.90. The average Bonchev–Trinajstić information content (AvgIpc) is 2.76. The molecular formula is C24H22BrNO5. The summed E-state index contributed by atoms with van der Waals surface area (Å²) in [5.74, 6) is -1.32. The number of ether oxygens (including phenoxy) is 2. The van der Waals surface area contributed by atoms with Gasteiger partial charge < -0.3 is 14.4 Å². The number of amides is 1. The summed E-state index contributed by atoms with van der Waals surface area (Å²) in [4.78, 5) is 39.5. The van der Waals surface area contributed by atoms with Gasteiger partial charge in [0.05, 0.1) is 12.7 Å². The Labute approximate surface area is 189 Å². The third kappa shape index (κ3) is 3.78. The van der Waals surface area contributed by atoms with Crippen molar-refractivity contribution in [2.24, 2.45) is 5.92 Å². The van der Waals surface area contributed by atoms with Crippen LogP contribution >= 0.6 is 15.9 Å². The van der Waals surface area contributed by atoms with Crippen molar-refractivity contribution in [3.05, 3.63) is 69.7 Å². The molecule has 2 bridgehead atoms. The molecule has 0 saturated carbocycles. The Morgan fingerprint density at radius 3 is 2.61 bits per heavy atom. The average molecular weight is 484 g/mol. The summed E-state index contributed by atoms with van der Waals surface area (Å²) in [6, 6.07) is 12.4. The molecule has 0 aromatic heterocycles. The number of hydrogen-bond donors (Lipinski definition) is 0. The fourth-order valence-corrected chi connectivity index (χ4v) is 4.64. The van der Waals surface area contributed by atoms with E-state index >= 15 is 0 Å². The third-order valence-corrected chi connectivity index (χ3v) is 6.58. The van der Waals surface area contributed by atoms with Crippen LogP contribution < -0.4 is 4.74 Å². The van der Waals surface area contributed by atoms with Crippen LogP contribution in [0.1, 0.15) is 40.7 Å². The summed E-state index contributed by atoms with van der Waals surface area (Å²) in [7, 11) is 3.00. The van der Waals surface area contributed by atoms with Crippen molar-refractivity contribution in [1.82, 2.24) is 4.90 Å². The molecule has 2 aliphatic rings. The van der Waals surface area contributed by atoms with Crippen LogP contribution in [0.15, 0.2) is 53.0 Å². The van der Waals surface area contributed by atoms with Crippen LogP contribution in [0.4, 0.5) is 0 Å². The number of allylic oxidation sites excluding steroid dienone is 1. The van der Waals surface area contributed by atoms with Gasteiger partial charge in [0.15, 0.2) is 11.5 Å². The van der Waals surface area contributed by atoms with E-state index < -0.39 is 17.6 Å². The van der Waals surface area contributed by atoms with Crippen LogP contribution in [0.2, 0.25) is 0 Å². The molecule has 1 saturated heterocycles. The monoisotopic (exact) mass is 483 g/mol. The van der Waals surface area contributed by atoms with E-state index in [1.54, 1.807) is 37.4 Å². The molecule has 3 unspecified atom stereocenters. The maximum Gasteiger partial charge on any atom is 0.337 e. The zero-order chi connectivity index (χ0) is 22.3. The number of esters is 1. The van der Waals surface area contributed by atoms with Crippen molar-refractivity contribution in [2.45, 2.75) is 25.0 Å². The minimum Gasteiger partial charge on any atom is -0.468 e. The van der Waals surface area contributed by atoms with Gasteiger partial charge in [0.2, 0.25) is 5.91 Å². The second kappa shape index (κ2) is 7.96. The summed E-state index contributed by atoms with van der Waals surface area (Å²) < 4.78 is 11.7. The highest BCUT2D eigenvalue weighted by atomic mass is 79.9. The summed E-state index contributed by atoms with van der Waals surface area (Å²) in [6.07, 6.45) is 3.64. The highest BCUT2D eigenvalue weighted by Crippen LogP contribution is 2.50. The zero-order valence-corrected chi connectivity index (χ0v) is 19.0. The number of hydrogen-bond acceptors (Lipinski definition) is 5. The Bertz CT molecular complexity index is 1090. The molecule has 0 aliphatic carbocycles. The van der Waals surface area contributed by atoms with E-state index in [0.717, 1.165) is 15.6 Å². The zero-order valence-electron chi connectivity index (χ0n) is 17.4. The Kier molecular flexibility index (Phi) is 5.47. The number of carbonyl (C=O) groups is 3. The van der Waals surface area contributed by atoms with Crippen LogP contribution in [-0.4, -0.2) is 42.4 Å². The molecule has 31 heavy (non-hydrogen) atoms. The van der Waals surface area contributed by atoms with Gasteiger partial charge in [0.1, 0.15) is 11.7 Å². The number of likely N-dealkylation sites (tertiary alicyclic amines) is 1. The van der Waals surface area contributed by atoms with Gasteiger partial charge in [-0.2, -0.15) is 0 Å². The lowest BCUT2D eigenvalue weighted by Crippen LogP contribution is -2.62. The number of halogens is 1. The van der Waals surface area contributed by atoms with Gasteiger partial charge in [-0.1, -0.05) is 34.1 Å². The van der Waals surface area contributed by atoms with Crippen LogP contribution in [-0.2, 0) is 14.3 Å². The molecular weight excluding hydrogens is 462 g/mol. The van der Waals surface area contributed by atoms with E-state index in [2.05, 4.69) is 15.9 Å². The molecule has 1 fully saturated rings. The van der Waals surface area contributed by atoms with Gasteiger partial charge in [-0.15, -0.1) is 0 Å². The minimum atomic E-state index is -0.819. The lowest BCUT2D eigenvalue weighted by molar-refractivity contribution is -0.170. The SMILES string of the molecule is COC(=O)c1ccc(/C=C/C(=O)C2C(=O)N(C)C3(C)CC2c2cc(Br)ccc2O3)cc1. The highest BCUT2D eigenvalue weighted by Gasteiger charge is 2.54. The number of methoxy groups -OCH3 is 1. The largest absolute Gasteiger partial charge is 0.468 e. The van der Waals surface area contributed by atoms with Crippen molar-refractivity contribution in [2.75, 3.05) is 14.2 Å². The predicted octanol–water partition coefficient (Wildman–Crippen LogP) is 4.19. The Hall–Kier alpha value is -2.93. The molecule has 7 heteroatoms. The van der Waals surface area contributed by atoms with Crippen molar-refractivity contribution in [1.29, 1.82) is 0 Å². The molecule has 2 heterocycles. The van der Waals surface area contributed by atoms with Gasteiger partial charge in [0.25, 0.3) is 0 Å². The van der Waals surface area contributed by atoms with Crippen molar-refractivity contribution in [3.63, 3.8) is 0 Å². The third-order valence-electron chi connectivity index (χ3n) is 6.09. The second-order valence-corrected chi connectivity index (χ2v) is 8.91. The number of rotatable bonds is 4. The summed E-state index contributed by atoms with van der Waals surface area (Å²) >= 11 is 3.48. The molecule has 1 amide bonds. The molecule has 3 atom stereocenters. The number of piperidine rings is 1. The van der Waals surface area contributed by atoms with Gasteiger partial charge in [-0.05, 0) is 54.5 Å². The second-order valence-electron chi connectivity index (χ2n) is 7.99. The van der Waals surface area contributed by atoms with E-state index in [4.69, 9.17) is 9.47 Å². The quantitative estimate of drug-likeness (QED) is 0.370. The summed E-state index contributed by atoms with van der Waals surface area (Å²) in [5.41, 5.74) is 1.26. The van der Waals surface area contributed by atoms with E-state index in [0.29, 0.717) is 17.7 Å². The Balaban J connectivity index is 1.63. The van der Waals surface area contributed by atoms with Crippen LogP contribution in [0, 0.1) is 5.92 Å². The molecule has 160 valence electrons. The highest BCUT2D eigenvalue weighted by molar-refractivity contribution is 9.10. The van der Waals surface area contributed by atoms with E-state index in [9.17, 15) is 14.4 Å². The van der Waals surface area contributed by atoms with Gasteiger partial charge in [0, 0.05) is 23.9 Å². The fourth-order valence-electron chi connectivity index (χ4n) is 4.27. The summed E-state index contributed by atoms with van der Waals surface area (Å²) in [6.45, 7) is 1.88. The first-order chi connectivity index (χ1) is 14.7. The van der Waals surface area contributed by atoms with Crippen LogP contribution in [0.5, 0.6) is 5.75 Å². The smallest absolute Gasteiger partial charge is 0.337 e. The lowest BCUT2D eigenvalue weighted by Gasteiger charge is -2.51. The number of benzene rings is 2. The first-order valence-corrected chi connectivity index (χ1v) is 10.7. The maximum atomic E-state index is 13.2. The number of fused-ring (bicyclic) bond motifs is 4. The molecule has 0 spiro atoms. The van der Waals surface area contributed by atoms with Gasteiger partial charge in [-0.25, -0.2) is 4.79 Å². The standard InChI is InChI=1S/C24H22BrNO5/c1-24-13-18(17-12-16(25)9-11-20(17)31-24)21(22(28)26(24)2)19(27)10-6-14-4-7-15(8-5-14)23(29)30-3/h4-12,18,21H,13H2,1-3H3/b10-6+. The molecule has 2 aromatic carbocycles. The van der Waals surface area contributed by atoms with E-state index in [-0.39, 0.29) is 17.6 Å². The van der Waals surface area contributed by atoms with Crippen LogP contribution in [0.25, 0.3) is 6.08 Å². The number of nitrogens with zero attached hydrogens (tertiary/aromatic N) is 1. The van der Waals surface area contributed by atoms with Crippen LogP contribution in [0.3, 0.4) is 0 Å². The first kappa shape index (κ1) is 21.3. The van der Waals surface area contributed by atoms with E-state index in [1.165, 1.54) is 18.1 Å². The molecule has 0 N–H and O–H groups in total. The Morgan fingerprint density at radius 1 is 1.23 bits per heavy atom. The maximum absolute atomic E-state index is 13.2. The fraction of sp³-hybridized carbons (Fsp3) is 0.292. The summed E-state index contributed by atoms with van der Waals surface area (Å²) in [5, 5.41) is 0. The lowest BCUT2D eigenvalue weighted by atomic mass is 9.72. The van der Waals surface area contributed by atoms with Gasteiger partial charge >= 0.3 is 5.97 Å². The van der Waals surface area contributed by atoms with Crippen molar-refractivity contribution in [3.8, 4) is 5.75 Å². The number of carbonyl (C=O) groups excluding carboxylic acids is 3.